The van der Waals surface area contributed by atoms with Crippen molar-refractivity contribution in [2.24, 2.45) is 5.92 Å². The van der Waals surface area contributed by atoms with Gasteiger partial charge in [-0.05, 0) is 50.3 Å². The van der Waals surface area contributed by atoms with E-state index in [0.717, 1.165) is 60.1 Å². The lowest BCUT2D eigenvalue weighted by molar-refractivity contribution is -0.120. The summed E-state index contributed by atoms with van der Waals surface area (Å²) in [7, 11) is 0. The average Bonchev–Trinajstić information content (AvgIpc) is 3.32. The number of imidazole rings is 1. The molecule has 2 aliphatic rings. The smallest absolute Gasteiger partial charge is 0.231 e. The highest BCUT2D eigenvalue weighted by atomic mass is 32.2. The largest absolute Gasteiger partial charge is 0.486 e. The van der Waals surface area contributed by atoms with Crippen LogP contribution in [0.2, 0.25) is 0 Å². The number of nitrogens with one attached hydrogen (secondary N) is 1. The topological polar surface area (TPSA) is 65.4 Å². The molecule has 0 unspecified atom stereocenters. The molecule has 1 aromatic heterocycles. The molecular formula is C24H33N3O3S. The fourth-order valence-corrected chi connectivity index (χ4v) is 5.45. The molecule has 1 fully saturated rings. The number of hydrogen-bond acceptors (Lipinski definition) is 5. The Morgan fingerprint density at radius 3 is 2.61 bits per heavy atom. The van der Waals surface area contributed by atoms with Crippen LogP contribution in [0.4, 0.5) is 0 Å². The summed E-state index contributed by atoms with van der Waals surface area (Å²) in [5.41, 5.74) is 3.00. The summed E-state index contributed by atoms with van der Waals surface area (Å²) in [5, 5.41) is 4.30. The third-order valence-electron chi connectivity index (χ3n) is 6.23. The molecule has 0 saturated heterocycles. The molecule has 4 rings (SSSR count). The molecule has 0 spiro atoms. The van der Waals surface area contributed by atoms with E-state index in [2.05, 4.69) is 42.8 Å². The number of hydrogen-bond donors (Lipinski definition) is 1. The molecule has 7 heteroatoms. The van der Waals surface area contributed by atoms with Crippen LogP contribution >= 0.6 is 11.8 Å². The van der Waals surface area contributed by atoms with Gasteiger partial charge in [0.1, 0.15) is 13.2 Å². The number of carbonyl (C=O) groups is 1. The molecule has 1 saturated carbocycles. The van der Waals surface area contributed by atoms with Crippen LogP contribution in [0.5, 0.6) is 11.5 Å². The van der Waals surface area contributed by atoms with Gasteiger partial charge in [0.05, 0.1) is 17.0 Å². The Kier molecular flexibility index (Phi) is 6.51. The van der Waals surface area contributed by atoms with Crippen LogP contribution in [0, 0.1) is 19.8 Å². The standard InChI is InChI=1S/C24H33N3O3S/c1-16(2)14-27-18(4)17(3)25-23(27)31-15-22(28)26-24(9-5-6-10-24)19-7-8-20-21(13-19)30-12-11-29-20/h7-8,13,16H,5-6,9-12,14-15H2,1-4H3,(H,26,28). The molecule has 0 atom stereocenters. The Bertz CT molecular complexity index is 948. The first-order valence-corrected chi connectivity index (χ1v) is 12.2. The van der Waals surface area contributed by atoms with Crippen LogP contribution in [0.3, 0.4) is 0 Å². The molecule has 1 amide bonds. The van der Waals surface area contributed by atoms with Crippen molar-refractivity contribution >= 4 is 17.7 Å². The molecule has 2 aromatic rings. The van der Waals surface area contributed by atoms with E-state index in [1.807, 2.05) is 13.0 Å². The molecule has 1 aliphatic carbocycles. The highest BCUT2D eigenvalue weighted by molar-refractivity contribution is 7.99. The first kappa shape index (κ1) is 22.1. The quantitative estimate of drug-likeness (QED) is 0.634. The molecule has 1 N–H and O–H groups in total. The summed E-state index contributed by atoms with van der Waals surface area (Å²) in [6, 6.07) is 6.10. The van der Waals surface area contributed by atoms with Crippen LogP contribution < -0.4 is 14.8 Å². The summed E-state index contributed by atoms with van der Waals surface area (Å²) in [6.07, 6.45) is 4.12. The monoisotopic (exact) mass is 443 g/mol. The number of amides is 1. The number of nitrogens with zero attached hydrogens (tertiary/aromatic N) is 2. The molecule has 2 heterocycles. The van der Waals surface area contributed by atoms with E-state index in [0.29, 0.717) is 24.9 Å². The predicted molar refractivity (Wildman–Crippen MR) is 123 cm³/mol. The van der Waals surface area contributed by atoms with E-state index in [1.165, 1.54) is 17.5 Å². The average molecular weight is 444 g/mol. The van der Waals surface area contributed by atoms with Crippen molar-refractivity contribution in [2.75, 3.05) is 19.0 Å². The molecule has 0 bridgehead atoms. The number of benzene rings is 1. The van der Waals surface area contributed by atoms with Crippen molar-refractivity contribution < 1.29 is 14.3 Å². The van der Waals surface area contributed by atoms with Crippen molar-refractivity contribution in [2.45, 2.75) is 70.6 Å². The Hall–Kier alpha value is -2.15. The van der Waals surface area contributed by atoms with Crippen LogP contribution in [0.1, 0.15) is 56.5 Å². The number of carbonyl (C=O) groups excluding carboxylic acids is 1. The minimum Gasteiger partial charge on any atom is -0.486 e. The zero-order valence-electron chi connectivity index (χ0n) is 19.0. The molecular weight excluding hydrogens is 410 g/mol. The molecule has 6 nitrogen and oxygen atoms in total. The van der Waals surface area contributed by atoms with Gasteiger partial charge in [-0.3, -0.25) is 4.79 Å². The van der Waals surface area contributed by atoms with Crippen molar-refractivity contribution in [3.63, 3.8) is 0 Å². The SMILES string of the molecule is Cc1nc(SCC(=O)NC2(c3ccc4c(c3)OCCO4)CCCC2)n(CC(C)C)c1C. The second kappa shape index (κ2) is 9.15. The van der Waals surface area contributed by atoms with Crippen LogP contribution in [0.25, 0.3) is 0 Å². The maximum Gasteiger partial charge on any atom is 0.231 e. The number of rotatable bonds is 7. The van der Waals surface area contributed by atoms with Crippen LogP contribution in [0.15, 0.2) is 23.4 Å². The number of thioether (sulfide) groups is 1. The first-order valence-electron chi connectivity index (χ1n) is 11.3. The maximum absolute atomic E-state index is 13.0. The maximum atomic E-state index is 13.0. The molecule has 0 radical (unpaired) electrons. The second-order valence-corrected chi connectivity index (χ2v) is 10.00. The van der Waals surface area contributed by atoms with E-state index in [4.69, 9.17) is 14.5 Å². The molecule has 168 valence electrons. The highest BCUT2D eigenvalue weighted by Gasteiger charge is 2.38. The van der Waals surface area contributed by atoms with Crippen molar-refractivity contribution in [1.29, 1.82) is 0 Å². The minimum atomic E-state index is -0.327. The van der Waals surface area contributed by atoms with Gasteiger partial charge in [0, 0.05) is 12.2 Å². The van der Waals surface area contributed by atoms with Crippen LogP contribution in [-0.2, 0) is 16.9 Å². The van der Waals surface area contributed by atoms with E-state index in [9.17, 15) is 4.79 Å². The van der Waals surface area contributed by atoms with Gasteiger partial charge in [-0.25, -0.2) is 4.98 Å². The second-order valence-electron chi connectivity index (χ2n) is 9.05. The van der Waals surface area contributed by atoms with Crippen LogP contribution in [-0.4, -0.2) is 34.4 Å². The number of aryl methyl sites for hydroxylation is 1. The summed E-state index contributed by atoms with van der Waals surface area (Å²) >= 11 is 1.53. The zero-order valence-corrected chi connectivity index (χ0v) is 19.8. The van der Waals surface area contributed by atoms with Crippen molar-refractivity contribution in [3.05, 3.63) is 35.2 Å². The summed E-state index contributed by atoms with van der Waals surface area (Å²) in [4.78, 5) is 17.7. The summed E-state index contributed by atoms with van der Waals surface area (Å²) in [5.74, 6) is 2.50. The molecule has 31 heavy (non-hydrogen) atoms. The number of aromatic nitrogens is 2. The fourth-order valence-electron chi connectivity index (χ4n) is 4.55. The van der Waals surface area contributed by atoms with Crippen molar-refractivity contribution in [3.8, 4) is 11.5 Å². The van der Waals surface area contributed by atoms with Gasteiger partial charge in [0.25, 0.3) is 0 Å². The molecule has 1 aromatic carbocycles. The van der Waals surface area contributed by atoms with Crippen molar-refractivity contribution in [1.82, 2.24) is 14.9 Å². The zero-order chi connectivity index (χ0) is 22.0. The summed E-state index contributed by atoms with van der Waals surface area (Å²) in [6.45, 7) is 10.6. The van der Waals surface area contributed by atoms with Gasteiger partial charge < -0.3 is 19.4 Å². The first-order chi connectivity index (χ1) is 14.9. The number of ether oxygens (including phenoxy) is 2. The predicted octanol–water partition coefficient (Wildman–Crippen LogP) is 4.60. The molecule has 1 aliphatic heterocycles. The lowest BCUT2D eigenvalue weighted by atomic mass is 9.87. The lowest BCUT2D eigenvalue weighted by Gasteiger charge is -2.32. The van der Waals surface area contributed by atoms with Gasteiger partial charge in [0.15, 0.2) is 16.7 Å². The van der Waals surface area contributed by atoms with Gasteiger partial charge >= 0.3 is 0 Å². The Balaban J connectivity index is 1.47. The highest BCUT2D eigenvalue weighted by Crippen LogP contribution is 2.42. The third kappa shape index (κ3) is 4.71. The Morgan fingerprint density at radius 2 is 1.90 bits per heavy atom. The Morgan fingerprint density at radius 1 is 1.19 bits per heavy atom. The van der Waals surface area contributed by atoms with Gasteiger partial charge in [0.2, 0.25) is 5.91 Å². The normalized spacial score (nSPS) is 17.2. The van der Waals surface area contributed by atoms with Gasteiger partial charge in [-0.1, -0.05) is 44.5 Å². The van der Waals surface area contributed by atoms with Gasteiger partial charge in [-0.15, -0.1) is 0 Å². The number of fused-ring (bicyclic) bond motifs is 1. The van der Waals surface area contributed by atoms with Gasteiger partial charge in [-0.2, -0.15) is 0 Å². The lowest BCUT2D eigenvalue weighted by Crippen LogP contribution is -2.44. The van der Waals surface area contributed by atoms with E-state index in [-0.39, 0.29) is 11.4 Å². The van der Waals surface area contributed by atoms with E-state index >= 15 is 0 Å². The summed E-state index contributed by atoms with van der Waals surface area (Å²) < 4.78 is 13.7. The minimum absolute atomic E-state index is 0.0520. The van der Waals surface area contributed by atoms with E-state index in [1.54, 1.807) is 0 Å². The third-order valence-corrected chi connectivity index (χ3v) is 7.21. The Labute approximate surface area is 189 Å². The van der Waals surface area contributed by atoms with E-state index < -0.39 is 0 Å². The fraction of sp³-hybridized carbons (Fsp3) is 0.583.